The highest BCUT2D eigenvalue weighted by molar-refractivity contribution is 6.39. The van der Waals surface area contributed by atoms with Crippen LogP contribution in [0.2, 0.25) is 0 Å². The molecule has 13 aromatic carbocycles. The zero-order valence-corrected chi connectivity index (χ0v) is 35.5. The largest absolute Gasteiger partial charge is 0.309 e. The van der Waals surface area contributed by atoms with Crippen molar-refractivity contribution in [2.24, 2.45) is 0 Å². The molecule has 1 aromatic heterocycles. The molecule has 0 saturated carbocycles. The predicted molar refractivity (Wildman–Crippen MR) is 279 cm³/mol. The highest BCUT2D eigenvalue weighted by atomic mass is 15.0. The molecule has 0 radical (unpaired) electrons. The molecule has 0 fully saturated rings. The normalized spacial score (nSPS) is 12.0. The minimum absolute atomic E-state index is 1.15. The van der Waals surface area contributed by atoms with Gasteiger partial charge in [-0.15, -0.1) is 0 Å². The average molecular weight is 822 g/mol. The van der Waals surface area contributed by atoms with E-state index in [1.165, 1.54) is 131 Å². The van der Waals surface area contributed by atoms with E-state index in [9.17, 15) is 0 Å². The summed E-state index contributed by atoms with van der Waals surface area (Å²) in [6.07, 6.45) is 0. The molecule has 0 aliphatic carbocycles. The molecule has 0 aliphatic rings. The molecule has 1 heterocycles. The van der Waals surface area contributed by atoms with E-state index in [4.69, 9.17) is 0 Å². The maximum absolute atomic E-state index is 2.55. The first kappa shape index (κ1) is 36.0. The zero-order valence-electron chi connectivity index (χ0n) is 35.5. The Morgan fingerprint density at radius 2 is 0.708 bits per heavy atom. The highest BCUT2D eigenvalue weighted by Crippen LogP contribution is 2.50. The Bertz CT molecular complexity index is 4140. The highest BCUT2D eigenvalue weighted by Gasteiger charge is 2.24. The van der Waals surface area contributed by atoms with Crippen molar-refractivity contribution in [2.45, 2.75) is 0 Å². The first-order valence-electron chi connectivity index (χ1n) is 22.6. The smallest absolute Gasteiger partial charge is 0.0626 e. The van der Waals surface area contributed by atoms with Crippen molar-refractivity contribution in [3.05, 3.63) is 237 Å². The fourth-order valence-electron chi connectivity index (χ4n) is 11.3. The lowest BCUT2D eigenvalue weighted by molar-refractivity contribution is 1.19. The van der Waals surface area contributed by atoms with Crippen LogP contribution >= 0.6 is 0 Å². The lowest BCUT2D eigenvalue weighted by Gasteiger charge is -2.20. The molecule has 0 spiro atoms. The van der Waals surface area contributed by atoms with Crippen molar-refractivity contribution < 1.29 is 0 Å². The number of nitrogens with zero attached hydrogens (tertiary/aromatic N) is 1. The molecule has 0 amide bonds. The van der Waals surface area contributed by atoms with Crippen LogP contribution in [0.25, 0.3) is 137 Å². The quantitative estimate of drug-likeness (QED) is 0.152. The monoisotopic (exact) mass is 821 g/mol. The molecule has 1 heteroatoms. The summed E-state index contributed by atoms with van der Waals surface area (Å²) in [6, 6.07) is 87.9. The van der Waals surface area contributed by atoms with E-state index in [-0.39, 0.29) is 0 Å². The lowest BCUT2D eigenvalue weighted by Crippen LogP contribution is -1.98. The molecule has 1 nitrogen and oxygen atoms in total. The van der Waals surface area contributed by atoms with E-state index >= 15 is 0 Å². The summed E-state index contributed by atoms with van der Waals surface area (Å²) in [5.74, 6) is 0. The molecule has 65 heavy (non-hydrogen) atoms. The van der Waals surface area contributed by atoms with E-state index < -0.39 is 0 Å². The molecule has 14 rings (SSSR count). The minimum atomic E-state index is 1.15. The summed E-state index contributed by atoms with van der Waals surface area (Å²) in [5.41, 5.74) is 13.4. The van der Waals surface area contributed by atoms with E-state index in [0.29, 0.717) is 0 Å². The van der Waals surface area contributed by atoms with Gasteiger partial charge in [-0.1, -0.05) is 194 Å². The third-order valence-electron chi connectivity index (χ3n) is 14.0. The Kier molecular flexibility index (Phi) is 7.75. The molecule has 0 aliphatic heterocycles. The van der Waals surface area contributed by atoms with Gasteiger partial charge < -0.3 is 4.57 Å². The SMILES string of the molecule is c1ccc(-c2cc(-c3ccccc3)cc(-n3c4ccccc4c4c5cccc6cc(-c7cc8c9ccccc9c(-c9ccccc9)cc8c8ccccc78)c7cccc(c7c65)c43)c2)cc1. The van der Waals surface area contributed by atoms with Crippen LogP contribution in [0.15, 0.2) is 237 Å². The van der Waals surface area contributed by atoms with E-state index in [0.717, 1.165) is 5.69 Å². The van der Waals surface area contributed by atoms with Gasteiger partial charge in [0.2, 0.25) is 0 Å². The van der Waals surface area contributed by atoms with Gasteiger partial charge in [0.25, 0.3) is 0 Å². The van der Waals surface area contributed by atoms with Gasteiger partial charge in [0.05, 0.1) is 11.0 Å². The molecule has 0 unspecified atom stereocenters. The summed E-state index contributed by atoms with van der Waals surface area (Å²) >= 11 is 0. The molecular weight excluding hydrogens is 783 g/mol. The van der Waals surface area contributed by atoms with Crippen LogP contribution in [-0.4, -0.2) is 4.57 Å². The van der Waals surface area contributed by atoms with Gasteiger partial charge >= 0.3 is 0 Å². The first-order valence-corrected chi connectivity index (χ1v) is 22.6. The second-order valence-electron chi connectivity index (χ2n) is 17.5. The standard InChI is InChI=1S/C64H39N/c1-4-18-40(19-5-1)44-34-45(41-20-6-2-7-21-41)36-46(35-44)65-60-33-15-14-29-52(60)63-53-31-16-24-43-37-56(51-30-17-32-54(64(63)65)62(51)61(43)53)58-39-59-48-26-11-10-25-47(48)55(42-22-8-3-9-23-42)38-57(59)49-27-12-13-28-50(49)58/h1-39H. The Morgan fingerprint density at radius 1 is 0.231 bits per heavy atom. The van der Waals surface area contributed by atoms with Crippen molar-refractivity contribution in [2.75, 3.05) is 0 Å². The Morgan fingerprint density at radius 3 is 1.37 bits per heavy atom. The molecule has 0 saturated heterocycles. The van der Waals surface area contributed by atoms with Crippen LogP contribution < -0.4 is 0 Å². The maximum atomic E-state index is 2.55. The summed E-state index contributed by atoms with van der Waals surface area (Å²) < 4.78 is 2.55. The summed E-state index contributed by atoms with van der Waals surface area (Å²) in [5, 5.41) is 17.9. The average Bonchev–Trinajstić information content (AvgIpc) is 3.74. The number of fused-ring (bicyclic) bond motifs is 10. The van der Waals surface area contributed by atoms with Crippen LogP contribution in [0, 0.1) is 0 Å². The van der Waals surface area contributed by atoms with E-state index in [1.54, 1.807) is 0 Å². The second kappa shape index (κ2) is 14.0. The van der Waals surface area contributed by atoms with Gasteiger partial charge in [-0.25, -0.2) is 0 Å². The van der Waals surface area contributed by atoms with Crippen LogP contribution in [0.4, 0.5) is 0 Å². The molecule has 300 valence electrons. The number of aromatic nitrogens is 1. The van der Waals surface area contributed by atoms with Crippen LogP contribution in [-0.2, 0) is 0 Å². The number of hydrogen-bond donors (Lipinski definition) is 0. The predicted octanol–water partition coefficient (Wildman–Crippen LogP) is 17.8. The van der Waals surface area contributed by atoms with E-state index in [2.05, 4.69) is 241 Å². The van der Waals surface area contributed by atoms with E-state index in [1.807, 2.05) is 0 Å². The number of hydrogen-bond acceptors (Lipinski definition) is 0. The van der Waals surface area contributed by atoms with Gasteiger partial charge in [0.15, 0.2) is 0 Å². The summed E-state index contributed by atoms with van der Waals surface area (Å²) in [4.78, 5) is 0. The third kappa shape index (κ3) is 5.33. The van der Waals surface area contributed by atoms with Gasteiger partial charge in [-0.3, -0.25) is 0 Å². The van der Waals surface area contributed by atoms with Gasteiger partial charge in [0.1, 0.15) is 0 Å². The second-order valence-corrected chi connectivity index (χ2v) is 17.5. The Labute approximate surface area is 376 Å². The number of benzene rings is 13. The third-order valence-corrected chi connectivity index (χ3v) is 14.0. The van der Waals surface area contributed by atoms with Crippen LogP contribution in [0.3, 0.4) is 0 Å². The van der Waals surface area contributed by atoms with Crippen molar-refractivity contribution in [1.29, 1.82) is 0 Å². The molecule has 0 atom stereocenters. The zero-order chi connectivity index (χ0) is 42.6. The topological polar surface area (TPSA) is 4.93 Å². The van der Waals surface area contributed by atoms with Crippen molar-refractivity contribution in [3.8, 4) is 50.2 Å². The fourth-order valence-corrected chi connectivity index (χ4v) is 11.3. The molecule has 0 N–H and O–H groups in total. The van der Waals surface area contributed by atoms with Crippen LogP contribution in [0.5, 0.6) is 0 Å². The minimum Gasteiger partial charge on any atom is -0.309 e. The molecule has 0 bridgehead atoms. The van der Waals surface area contributed by atoms with Gasteiger partial charge in [-0.05, 0) is 141 Å². The lowest BCUT2D eigenvalue weighted by atomic mass is 9.84. The molecule has 14 aromatic rings. The van der Waals surface area contributed by atoms with Crippen molar-refractivity contribution in [3.63, 3.8) is 0 Å². The van der Waals surface area contributed by atoms with Crippen molar-refractivity contribution >= 4 is 86.4 Å². The summed E-state index contributed by atoms with van der Waals surface area (Å²) in [6.45, 7) is 0. The number of para-hydroxylation sites is 1. The Hall–Kier alpha value is -8.52. The van der Waals surface area contributed by atoms with Crippen LogP contribution in [0.1, 0.15) is 0 Å². The van der Waals surface area contributed by atoms with Crippen molar-refractivity contribution in [1.82, 2.24) is 4.57 Å². The summed E-state index contributed by atoms with van der Waals surface area (Å²) in [7, 11) is 0. The van der Waals surface area contributed by atoms with Gasteiger partial charge in [-0.2, -0.15) is 0 Å². The maximum Gasteiger partial charge on any atom is 0.0626 e. The van der Waals surface area contributed by atoms with Gasteiger partial charge in [0, 0.05) is 27.2 Å². The molecular formula is C64H39N. The fraction of sp³-hybridized carbons (Fsp3) is 0. The first-order chi connectivity index (χ1) is 32.3. The number of rotatable bonds is 5. The Balaban J connectivity index is 1.11.